The Bertz CT molecular complexity index is 2190. The van der Waals surface area contributed by atoms with Gasteiger partial charge in [0.2, 0.25) is 11.8 Å². The summed E-state index contributed by atoms with van der Waals surface area (Å²) in [5.74, 6) is 0.302. The highest BCUT2D eigenvalue weighted by Crippen LogP contribution is 2.40. The standard InChI is InChI=1S/C41H49N7O6S/c1-22(2)34(45-40(51)53-5)38(49)47-15-7-9-31(47)29-18-27(20-42-29)33-19-26-12-11-24-17-25(13-14-28(24)36(26)55-33)30-21-43-37(44-30)32-10-8-16-48(32)39(50)35(23(3)4)46-41(52)54-6/h11-14,17,19-23,31-32,34-35H,7-10,15-16,18H2,1-6H3,(H,43,44)(H,45,51)(H,46,52)/t31-,32-,34-,35-/m0/s1. The van der Waals surface area contributed by atoms with Crippen molar-refractivity contribution in [1.29, 1.82) is 0 Å². The molecule has 4 atom stereocenters. The number of thiophene rings is 1. The smallest absolute Gasteiger partial charge is 0.407 e. The predicted octanol–water partition coefficient (Wildman–Crippen LogP) is 7.05. The molecule has 2 aromatic heterocycles. The van der Waals surface area contributed by atoms with Crippen molar-refractivity contribution in [2.75, 3.05) is 27.3 Å². The Kier molecular flexibility index (Phi) is 11.0. The SMILES string of the molecule is COC(=O)N[C@H](C(=O)N1CCC[C@H]1C1=NC=C(c2cc3ccc4cc(-c5cnc([C@@H]6CCCN6C(=O)[C@@H](NC(=O)OC)C(C)C)[nH]5)ccc4c3s2)C1)C(C)C. The first-order valence-electron chi connectivity index (χ1n) is 19.0. The second-order valence-corrected chi connectivity index (χ2v) is 16.3. The molecule has 3 N–H and O–H groups in total. The number of fused-ring (bicyclic) bond motifs is 3. The number of ether oxygens (including phenoxy) is 2. The second kappa shape index (κ2) is 15.9. The number of likely N-dealkylation sites (tertiary alicyclic amines) is 2. The van der Waals surface area contributed by atoms with Gasteiger partial charge in [0, 0.05) is 46.6 Å². The molecule has 55 heavy (non-hydrogen) atoms. The van der Waals surface area contributed by atoms with E-state index in [1.807, 2.05) is 49.9 Å². The third-order valence-corrected chi connectivity index (χ3v) is 12.3. The second-order valence-electron chi connectivity index (χ2n) is 15.3. The van der Waals surface area contributed by atoms with Gasteiger partial charge in [-0.2, -0.15) is 0 Å². The van der Waals surface area contributed by atoms with Gasteiger partial charge in [-0.15, -0.1) is 11.3 Å². The van der Waals surface area contributed by atoms with Crippen LogP contribution in [0.2, 0.25) is 0 Å². The first-order valence-corrected chi connectivity index (χ1v) is 19.9. The summed E-state index contributed by atoms with van der Waals surface area (Å²) in [6.45, 7) is 8.88. The Labute approximate surface area is 324 Å². The molecule has 14 heteroatoms. The van der Waals surface area contributed by atoms with Crippen molar-refractivity contribution in [2.45, 2.75) is 84.0 Å². The lowest BCUT2D eigenvalue weighted by atomic mass is 9.99. The minimum absolute atomic E-state index is 0.0875. The third-order valence-electron chi connectivity index (χ3n) is 11.0. The largest absolute Gasteiger partial charge is 0.453 e. The van der Waals surface area contributed by atoms with Crippen LogP contribution in [0.1, 0.15) is 76.5 Å². The van der Waals surface area contributed by atoms with Crippen molar-refractivity contribution >= 4 is 67.5 Å². The average molecular weight is 768 g/mol. The van der Waals surface area contributed by atoms with Crippen LogP contribution in [0.25, 0.3) is 37.7 Å². The molecule has 2 aromatic carbocycles. The van der Waals surface area contributed by atoms with Gasteiger partial charge in [0.25, 0.3) is 0 Å². The van der Waals surface area contributed by atoms with Crippen LogP contribution in [-0.4, -0.2) is 94.9 Å². The van der Waals surface area contributed by atoms with Crippen LogP contribution in [-0.2, 0) is 19.1 Å². The van der Waals surface area contributed by atoms with Gasteiger partial charge < -0.3 is 34.9 Å². The molecular formula is C41H49N7O6S. The predicted molar refractivity (Wildman–Crippen MR) is 214 cm³/mol. The molecule has 2 saturated heterocycles. The minimum atomic E-state index is -0.689. The number of hydrogen-bond acceptors (Lipinski definition) is 9. The molecule has 0 aliphatic carbocycles. The zero-order valence-electron chi connectivity index (χ0n) is 32.2. The van der Waals surface area contributed by atoms with Gasteiger partial charge in [0.1, 0.15) is 17.9 Å². The zero-order chi connectivity index (χ0) is 39.0. The van der Waals surface area contributed by atoms with E-state index in [4.69, 9.17) is 19.5 Å². The number of amides is 4. The molecule has 0 saturated carbocycles. The number of imidazole rings is 1. The highest BCUT2D eigenvalue weighted by molar-refractivity contribution is 7.21. The normalized spacial score (nSPS) is 19.6. The third kappa shape index (κ3) is 7.56. The van der Waals surface area contributed by atoms with E-state index in [0.717, 1.165) is 75.1 Å². The molecule has 5 heterocycles. The summed E-state index contributed by atoms with van der Waals surface area (Å²) in [5.41, 5.74) is 3.99. The van der Waals surface area contributed by atoms with Gasteiger partial charge in [-0.1, -0.05) is 52.0 Å². The van der Waals surface area contributed by atoms with Gasteiger partial charge in [-0.25, -0.2) is 14.6 Å². The Morgan fingerprint density at radius 3 is 2.09 bits per heavy atom. The zero-order valence-corrected chi connectivity index (χ0v) is 33.0. The maximum absolute atomic E-state index is 13.6. The number of H-pyrrole nitrogens is 1. The van der Waals surface area contributed by atoms with Gasteiger partial charge >= 0.3 is 12.2 Å². The number of aliphatic imine (C=N–C) groups is 1. The molecule has 0 bridgehead atoms. The first kappa shape index (κ1) is 38.1. The topological polar surface area (TPSA) is 158 Å². The van der Waals surface area contributed by atoms with E-state index in [0.29, 0.717) is 19.5 Å². The summed E-state index contributed by atoms with van der Waals surface area (Å²) in [7, 11) is 2.60. The molecule has 13 nitrogen and oxygen atoms in total. The number of benzene rings is 2. The van der Waals surface area contributed by atoms with Crippen LogP contribution < -0.4 is 10.6 Å². The van der Waals surface area contributed by atoms with Gasteiger partial charge in [-0.05, 0) is 71.4 Å². The number of carbonyl (C=O) groups excluding carboxylic acids is 4. The highest BCUT2D eigenvalue weighted by Gasteiger charge is 2.39. The lowest BCUT2D eigenvalue weighted by Gasteiger charge is -2.31. The number of hydrogen-bond donors (Lipinski definition) is 3. The molecular weight excluding hydrogens is 719 g/mol. The van der Waals surface area contributed by atoms with Gasteiger partial charge in [-0.3, -0.25) is 14.6 Å². The van der Waals surface area contributed by atoms with Crippen LogP contribution in [0.15, 0.2) is 53.8 Å². The number of aromatic amines is 1. The molecule has 0 spiro atoms. The quantitative estimate of drug-likeness (QED) is 0.156. The Hall–Kier alpha value is -5.24. The molecule has 3 aliphatic rings. The van der Waals surface area contributed by atoms with E-state index in [1.165, 1.54) is 18.9 Å². The van der Waals surface area contributed by atoms with E-state index in [1.54, 1.807) is 11.3 Å². The molecule has 0 unspecified atom stereocenters. The summed E-state index contributed by atoms with van der Waals surface area (Å²) < 4.78 is 10.8. The van der Waals surface area contributed by atoms with Crippen LogP contribution in [0.3, 0.4) is 0 Å². The summed E-state index contributed by atoms with van der Waals surface area (Å²) in [6, 6.07) is 11.3. The van der Waals surface area contributed by atoms with Crippen LogP contribution in [0, 0.1) is 11.8 Å². The van der Waals surface area contributed by atoms with E-state index in [2.05, 4.69) is 52.0 Å². The van der Waals surface area contributed by atoms with E-state index < -0.39 is 24.3 Å². The van der Waals surface area contributed by atoms with E-state index >= 15 is 0 Å². The molecule has 4 aromatic rings. The number of methoxy groups -OCH3 is 2. The summed E-state index contributed by atoms with van der Waals surface area (Å²) in [4.78, 5) is 69.2. The summed E-state index contributed by atoms with van der Waals surface area (Å²) in [5, 5.41) is 8.87. The van der Waals surface area contributed by atoms with Crippen molar-refractivity contribution in [1.82, 2.24) is 30.4 Å². The fourth-order valence-electron chi connectivity index (χ4n) is 8.05. The summed E-state index contributed by atoms with van der Waals surface area (Å²) in [6.07, 6.45) is 6.58. The number of alkyl carbamates (subject to hydrolysis) is 2. The van der Waals surface area contributed by atoms with Crippen LogP contribution in [0.5, 0.6) is 0 Å². The summed E-state index contributed by atoms with van der Waals surface area (Å²) >= 11 is 1.75. The maximum Gasteiger partial charge on any atom is 0.407 e. The van der Waals surface area contributed by atoms with Crippen molar-refractivity contribution in [3.05, 3.63) is 59.5 Å². The number of rotatable bonds is 10. The minimum Gasteiger partial charge on any atom is -0.453 e. The van der Waals surface area contributed by atoms with Crippen LogP contribution in [0.4, 0.5) is 9.59 Å². The fraction of sp³-hybridized carbons (Fsp3) is 0.463. The average Bonchev–Trinajstić information content (AvgIpc) is 4.03. The lowest BCUT2D eigenvalue weighted by Crippen LogP contribution is -2.53. The van der Waals surface area contributed by atoms with Crippen LogP contribution >= 0.6 is 11.3 Å². The fourth-order valence-corrected chi connectivity index (χ4v) is 9.26. The van der Waals surface area contributed by atoms with Gasteiger partial charge in [0.15, 0.2) is 0 Å². The molecule has 4 amide bonds. The van der Waals surface area contributed by atoms with Crippen molar-refractivity contribution < 1.29 is 28.7 Å². The number of nitrogens with zero attached hydrogens (tertiary/aromatic N) is 4. The monoisotopic (exact) mass is 767 g/mol. The maximum atomic E-state index is 13.6. The molecule has 2 fully saturated rings. The molecule has 290 valence electrons. The first-order chi connectivity index (χ1) is 26.5. The number of nitrogens with one attached hydrogen (secondary N) is 3. The lowest BCUT2D eigenvalue weighted by molar-refractivity contribution is -0.135. The van der Waals surface area contributed by atoms with Gasteiger partial charge in [0.05, 0.1) is 38.2 Å². The Balaban J connectivity index is 1.06. The Morgan fingerprint density at radius 1 is 0.836 bits per heavy atom. The van der Waals surface area contributed by atoms with Crippen molar-refractivity contribution in [3.63, 3.8) is 0 Å². The molecule has 3 aliphatic heterocycles. The molecule has 0 radical (unpaired) electrons. The highest BCUT2D eigenvalue weighted by atomic mass is 32.1. The van der Waals surface area contributed by atoms with Crippen molar-refractivity contribution in [2.24, 2.45) is 16.8 Å². The molecule has 7 rings (SSSR count). The number of aromatic nitrogens is 2. The van der Waals surface area contributed by atoms with E-state index in [9.17, 15) is 19.2 Å². The van der Waals surface area contributed by atoms with Crippen molar-refractivity contribution in [3.8, 4) is 11.3 Å². The number of carbonyl (C=O) groups is 4. The van der Waals surface area contributed by atoms with E-state index in [-0.39, 0.29) is 35.7 Å². The Morgan fingerprint density at radius 2 is 1.45 bits per heavy atom. The number of allylic oxidation sites excluding steroid dienone is 1.